The monoisotopic (exact) mass is 437 g/mol. The van der Waals surface area contributed by atoms with Crippen LogP contribution in [0.1, 0.15) is 30.8 Å². The number of nitrogens with one attached hydrogen (secondary N) is 1. The van der Waals surface area contributed by atoms with E-state index in [1.165, 1.54) is 4.90 Å². The Morgan fingerprint density at radius 1 is 1.41 bits per heavy atom. The van der Waals surface area contributed by atoms with Crippen molar-refractivity contribution in [2.75, 3.05) is 18.5 Å². The number of anilines is 1. The number of benzene rings is 1. The molecule has 1 aliphatic rings. The van der Waals surface area contributed by atoms with Crippen LogP contribution in [0.2, 0.25) is 0 Å². The van der Waals surface area contributed by atoms with Gasteiger partial charge in [0, 0.05) is 16.4 Å². The lowest BCUT2D eigenvalue weighted by Crippen LogP contribution is -2.57. The second-order valence-corrected chi connectivity index (χ2v) is 7.68. The topological polar surface area (TPSA) is 115 Å². The van der Waals surface area contributed by atoms with Crippen LogP contribution in [0, 0.1) is 5.92 Å². The highest BCUT2D eigenvalue weighted by Gasteiger charge is 2.39. The number of nitrogens with zero attached hydrogens (tertiary/aromatic N) is 1. The Morgan fingerprint density at radius 2 is 2.15 bits per heavy atom. The zero-order valence-electron chi connectivity index (χ0n) is 15.0. The van der Waals surface area contributed by atoms with Gasteiger partial charge in [0.1, 0.15) is 17.3 Å². The van der Waals surface area contributed by atoms with Crippen molar-refractivity contribution in [3.63, 3.8) is 0 Å². The maximum absolute atomic E-state index is 12.7. The summed E-state index contributed by atoms with van der Waals surface area (Å²) in [6.07, 6.45) is -0.0152. The summed E-state index contributed by atoms with van der Waals surface area (Å²) in [6, 6.07) is 4.47. The van der Waals surface area contributed by atoms with Gasteiger partial charge in [-0.2, -0.15) is 0 Å². The summed E-state index contributed by atoms with van der Waals surface area (Å²) < 4.78 is 11.4. The number of likely N-dealkylation sites (tertiary alicyclic amines) is 1. The van der Waals surface area contributed by atoms with Crippen molar-refractivity contribution in [3.8, 4) is 0 Å². The molecule has 2 aromatic rings. The van der Waals surface area contributed by atoms with Gasteiger partial charge in [-0.3, -0.25) is 14.5 Å². The van der Waals surface area contributed by atoms with E-state index in [1.54, 1.807) is 18.2 Å². The number of furan rings is 1. The van der Waals surface area contributed by atoms with Gasteiger partial charge in [-0.05, 0) is 30.5 Å². The molecular weight excluding hydrogens is 418 g/mol. The lowest BCUT2D eigenvalue weighted by atomic mass is 10.0. The Balaban J connectivity index is 1.80. The van der Waals surface area contributed by atoms with Crippen molar-refractivity contribution < 1.29 is 23.5 Å². The summed E-state index contributed by atoms with van der Waals surface area (Å²) in [4.78, 5) is 37.9. The number of fused-ring (bicyclic) bond motifs is 1. The number of hydrogen-bond donors (Lipinski definition) is 2. The maximum Gasteiger partial charge on any atom is 0.410 e. The van der Waals surface area contributed by atoms with Crippen molar-refractivity contribution in [2.24, 2.45) is 11.7 Å². The molecule has 0 spiro atoms. The van der Waals surface area contributed by atoms with E-state index in [-0.39, 0.29) is 24.0 Å². The van der Waals surface area contributed by atoms with Crippen molar-refractivity contribution in [1.29, 1.82) is 0 Å². The first-order valence-electron chi connectivity index (χ1n) is 8.54. The molecule has 1 unspecified atom stereocenters. The Hall–Kier alpha value is -2.55. The van der Waals surface area contributed by atoms with Crippen LogP contribution in [-0.2, 0) is 9.53 Å². The first kappa shape index (κ1) is 19.2. The van der Waals surface area contributed by atoms with Crippen LogP contribution in [0.4, 0.5) is 10.5 Å². The van der Waals surface area contributed by atoms with Gasteiger partial charge in [0.05, 0.1) is 6.61 Å². The van der Waals surface area contributed by atoms with Gasteiger partial charge >= 0.3 is 6.09 Å². The molecule has 0 saturated carbocycles. The fraction of sp³-hybridized carbons (Fsp3) is 0.389. The fourth-order valence-electron chi connectivity index (χ4n) is 2.77. The third-order valence-corrected chi connectivity index (χ3v) is 4.71. The van der Waals surface area contributed by atoms with Gasteiger partial charge in [0.25, 0.3) is 5.91 Å². The number of nitrogens with two attached hydrogens (primary N) is 1. The maximum atomic E-state index is 12.7. The minimum Gasteiger partial charge on any atom is -0.449 e. The molecule has 1 aromatic heterocycles. The molecule has 3 amide bonds. The largest absolute Gasteiger partial charge is 0.449 e. The molecule has 0 aliphatic carbocycles. The normalized spacial score (nSPS) is 16.3. The van der Waals surface area contributed by atoms with Crippen LogP contribution in [0.25, 0.3) is 11.0 Å². The zero-order chi connectivity index (χ0) is 19.7. The number of carbonyl (C=O) groups excluding carboxylic acids is 3. The highest BCUT2D eigenvalue weighted by atomic mass is 79.9. The third kappa shape index (κ3) is 3.92. The van der Waals surface area contributed by atoms with Gasteiger partial charge in [-0.25, -0.2) is 4.79 Å². The molecule has 1 aromatic carbocycles. The number of hydrogen-bond acceptors (Lipinski definition) is 5. The van der Waals surface area contributed by atoms with E-state index >= 15 is 0 Å². The lowest BCUT2D eigenvalue weighted by Gasteiger charge is -2.38. The van der Waals surface area contributed by atoms with Gasteiger partial charge in [0.15, 0.2) is 0 Å². The number of amides is 3. The van der Waals surface area contributed by atoms with E-state index < -0.39 is 23.9 Å². The van der Waals surface area contributed by atoms with E-state index in [2.05, 4.69) is 21.2 Å². The first-order chi connectivity index (χ1) is 12.8. The third-order valence-electron chi connectivity index (χ3n) is 4.22. The summed E-state index contributed by atoms with van der Waals surface area (Å²) >= 11 is 3.35. The SMILES string of the molecule is CC(C)COC(=O)N1CCC1C(=O)Nc1c(C(N)=O)oc2ccc(Br)cc12. The van der Waals surface area contributed by atoms with E-state index in [9.17, 15) is 14.4 Å². The summed E-state index contributed by atoms with van der Waals surface area (Å²) in [5.41, 5.74) is 6.00. The molecule has 144 valence electrons. The van der Waals surface area contributed by atoms with Crippen LogP contribution in [0.3, 0.4) is 0 Å². The van der Waals surface area contributed by atoms with Crippen molar-refractivity contribution in [3.05, 3.63) is 28.4 Å². The minimum atomic E-state index is -0.792. The van der Waals surface area contributed by atoms with E-state index in [1.807, 2.05) is 13.8 Å². The molecule has 0 radical (unpaired) electrons. The van der Waals surface area contributed by atoms with Crippen LogP contribution in [0.15, 0.2) is 27.1 Å². The van der Waals surface area contributed by atoms with E-state index in [0.717, 1.165) is 4.47 Å². The van der Waals surface area contributed by atoms with Crippen LogP contribution >= 0.6 is 15.9 Å². The van der Waals surface area contributed by atoms with Crippen LogP contribution in [0.5, 0.6) is 0 Å². The molecule has 1 atom stereocenters. The molecule has 0 bridgehead atoms. The second-order valence-electron chi connectivity index (χ2n) is 6.77. The predicted molar refractivity (Wildman–Crippen MR) is 102 cm³/mol. The molecule has 3 N–H and O–H groups in total. The number of primary amides is 1. The quantitative estimate of drug-likeness (QED) is 0.745. The molecule has 1 fully saturated rings. The smallest absolute Gasteiger partial charge is 0.410 e. The second kappa shape index (κ2) is 7.59. The highest BCUT2D eigenvalue weighted by molar-refractivity contribution is 9.10. The molecule has 1 aliphatic heterocycles. The Kier molecular flexibility index (Phi) is 5.41. The van der Waals surface area contributed by atoms with Gasteiger partial charge in [-0.1, -0.05) is 29.8 Å². The molecule has 8 nitrogen and oxygen atoms in total. The Bertz CT molecular complexity index is 908. The summed E-state index contributed by atoms with van der Waals surface area (Å²) in [6.45, 7) is 4.59. The number of halogens is 1. The van der Waals surface area contributed by atoms with Gasteiger partial charge < -0.3 is 20.2 Å². The van der Waals surface area contributed by atoms with E-state index in [0.29, 0.717) is 23.9 Å². The molecule has 9 heteroatoms. The number of rotatable bonds is 5. The van der Waals surface area contributed by atoms with E-state index in [4.69, 9.17) is 14.9 Å². The van der Waals surface area contributed by atoms with Crippen LogP contribution < -0.4 is 11.1 Å². The Morgan fingerprint density at radius 3 is 2.74 bits per heavy atom. The predicted octanol–water partition coefficient (Wildman–Crippen LogP) is 3.10. The summed E-state index contributed by atoms with van der Waals surface area (Å²) in [5.74, 6) is -1.14. The van der Waals surface area contributed by atoms with Gasteiger partial charge in [0.2, 0.25) is 11.7 Å². The Labute approximate surface area is 164 Å². The average Bonchev–Trinajstić information content (AvgIpc) is 2.90. The van der Waals surface area contributed by atoms with Crippen molar-refractivity contribution in [1.82, 2.24) is 4.90 Å². The van der Waals surface area contributed by atoms with Crippen molar-refractivity contribution >= 4 is 50.5 Å². The average molecular weight is 438 g/mol. The van der Waals surface area contributed by atoms with Crippen molar-refractivity contribution in [2.45, 2.75) is 26.3 Å². The highest BCUT2D eigenvalue weighted by Crippen LogP contribution is 2.33. The molecule has 27 heavy (non-hydrogen) atoms. The zero-order valence-corrected chi connectivity index (χ0v) is 16.5. The minimum absolute atomic E-state index is 0.135. The van der Waals surface area contributed by atoms with Crippen LogP contribution in [-0.4, -0.2) is 42.0 Å². The summed E-state index contributed by atoms with van der Waals surface area (Å²) in [5, 5.41) is 3.23. The fourth-order valence-corrected chi connectivity index (χ4v) is 3.13. The first-order valence-corrected chi connectivity index (χ1v) is 9.33. The number of ether oxygens (including phenoxy) is 1. The molecule has 3 rings (SSSR count). The lowest BCUT2D eigenvalue weighted by molar-refractivity contribution is -0.124. The molecule has 2 heterocycles. The molecule has 1 saturated heterocycles. The van der Waals surface area contributed by atoms with Gasteiger partial charge in [-0.15, -0.1) is 0 Å². The summed E-state index contributed by atoms with van der Waals surface area (Å²) in [7, 11) is 0. The molecular formula is C18H20BrN3O5. The number of carbonyl (C=O) groups is 3. The standard InChI is InChI=1S/C18H20BrN3O5/c1-9(2)8-26-18(25)22-6-5-12(22)17(24)21-14-11-7-10(19)3-4-13(11)27-15(14)16(20)23/h3-4,7,9,12H,5-6,8H2,1-2H3,(H2,20,23)(H,21,24).